The fourth-order valence-corrected chi connectivity index (χ4v) is 4.15. The average molecular weight is 463 g/mol. The van der Waals surface area contributed by atoms with Gasteiger partial charge in [0.05, 0.1) is 23.6 Å². The SMILES string of the molecule is S=C(Nc1ccc2nc(-c3ccco3)c(-c3ccco3)nc2c1)Nc1cccc2ccccc12. The van der Waals surface area contributed by atoms with Crippen molar-refractivity contribution in [3.63, 3.8) is 0 Å². The molecule has 34 heavy (non-hydrogen) atoms. The predicted molar refractivity (Wildman–Crippen MR) is 139 cm³/mol. The molecule has 6 rings (SSSR count). The van der Waals surface area contributed by atoms with Gasteiger partial charge in [0.15, 0.2) is 16.6 Å². The summed E-state index contributed by atoms with van der Waals surface area (Å²) >= 11 is 5.58. The van der Waals surface area contributed by atoms with Crippen molar-refractivity contribution in [2.24, 2.45) is 0 Å². The van der Waals surface area contributed by atoms with Crippen LogP contribution < -0.4 is 10.6 Å². The van der Waals surface area contributed by atoms with Crippen molar-refractivity contribution < 1.29 is 8.83 Å². The molecule has 0 fully saturated rings. The van der Waals surface area contributed by atoms with Crippen molar-refractivity contribution in [1.29, 1.82) is 0 Å². The van der Waals surface area contributed by atoms with Gasteiger partial charge in [-0.25, -0.2) is 9.97 Å². The van der Waals surface area contributed by atoms with E-state index in [-0.39, 0.29) is 0 Å². The normalized spacial score (nSPS) is 11.1. The van der Waals surface area contributed by atoms with Crippen molar-refractivity contribution in [3.8, 4) is 22.9 Å². The molecule has 0 spiro atoms. The summed E-state index contributed by atoms with van der Waals surface area (Å²) in [7, 11) is 0. The average Bonchev–Trinajstić information content (AvgIpc) is 3.58. The van der Waals surface area contributed by atoms with Crippen LogP contribution in [0.25, 0.3) is 44.7 Å². The number of anilines is 2. The highest BCUT2D eigenvalue weighted by molar-refractivity contribution is 7.80. The smallest absolute Gasteiger partial charge is 0.175 e. The van der Waals surface area contributed by atoms with Crippen LogP contribution in [0, 0.1) is 0 Å². The van der Waals surface area contributed by atoms with Crippen LogP contribution in [-0.2, 0) is 0 Å². The molecule has 3 heterocycles. The predicted octanol–water partition coefficient (Wildman–Crippen LogP) is 7.11. The lowest BCUT2D eigenvalue weighted by molar-refractivity contribution is 0.572. The molecule has 0 aliphatic heterocycles. The monoisotopic (exact) mass is 462 g/mol. The van der Waals surface area contributed by atoms with Gasteiger partial charge in [0.25, 0.3) is 0 Å². The summed E-state index contributed by atoms with van der Waals surface area (Å²) in [4.78, 5) is 9.65. The Morgan fingerprint density at radius 1 is 0.676 bits per heavy atom. The molecule has 0 amide bonds. The lowest BCUT2D eigenvalue weighted by atomic mass is 10.1. The van der Waals surface area contributed by atoms with E-state index in [4.69, 9.17) is 31.0 Å². The summed E-state index contributed by atoms with van der Waals surface area (Å²) in [5.74, 6) is 1.25. The molecule has 0 radical (unpaired) electrons. The third-order valence-corrected chi connectivity index (χ3v) is 5.67. The van der Waals surface area contributed by atoms with Crippen molar-refractivity contribution in [3.05, 3.63) is 97.5 Å². The van der Waals surface area contributed by atoms with Crippen LogP contribution >= 0.6 is 12.2 Å². The first-order valence-corrected chi connectivity index (χ1v) is 11.1. The first kappa shape index (κ1) is 20.1. The Labute approximate surface area is 200 Å². The number of benzene rings is 3. The van der Waals surface area contributed by atoms with Crippen molar-refractivity contribution in [2.45, 2.75) is 0 Å². The second-order valence-electron chi connectivity index (χ2n) is 7.68. The Hall–Kier alpha value is -4.49. The van der Waals surface area contributed by atoms with Gasteiger partial charge in [-0.3, -0.25) is 0 Å². The van der Waals surface area contributed by atoms with E-state index >= 15 is 0 Å². The minimum absolute atomic E-state index is 0.488. The second-order valence-corrected chi connectivity index (χ2v) is 8.09. The largest absolute Gasteiger partial charge is 0.463 e. The van der Waals surface area contributed by atoms with Crippen molar-refractivity contribution >= 4 is 50.5 Å². The topological polar surface area (TPSA) is 76.1 Å². The van der Waals surface area contributed by atoms with Gasteiger partial charge in [-0.1, -0.05) is 36.4 Å². The van der Waals surface area contributed by atoms with Crippen molar-refractivity contribution in [2.75, 3.05) is 10.6 Å². The fourth-order valence-electron chi connectivity index (χ4n) is 3.92. The van der Waals surface area contributed by atoms with E-state index < -0.39 is 0 Å². The summed E-state index contributed by atoms with van der Waals surface area (Å²) in [6.07, 6.45) is 3.23. The molecule has 0 atom stereocenters. The van der Waals surface area contributed by atoms with E-state index in [1.54, 1.807) is 12.5 Å². The molecular formula is C27H18N4O2S. The van der Waals surface area contributed by atoms with Gasteiger partial charge in [-0.05, 0) is 66.1 Å². The number of furan rings is 2. The number of rotatable bonds is 4. The Kier molecular flexibility index (Phi) is 5.01. The maximum Gasteiger partial charge on any atom is 0.175 e. The molecule has 0 unspecified atom stereocenters. The molecule has 6 nitrogen and oxygen atoms in total. The van der Waals surface area contributed by atoms with Crippen LogP contribution in [0.15, 0.2) is 106 Å². The van der Waals surface area contributed by atoms with Crippen LogP contribution in [-0.4, -0.2) is 15.1 Å². The van der Waals surface area contributed by atoms with Gasteiger partial charge in [0, 0.05) is 16.8 Å². The number of aromatic nitrogens is 2. The maximum absolute atomic E-state index is 5.61. The van der Waals surface area contributed by atoms with Gasteiger partial charge in [-0.2, -0.15) is 0 Å². The first-order valence-electron chi connectivity index (χ1n) is 10.7. The minimum atomic E-state index is 0.488. The molecular weight excluding hydrogens is 444 g/mol. The zero-order valence-corrected chi connectivity index (χ0v) is 18.7. The highest BCUT2D eigenvalue weighted by Gasteiger charge is 2.17. The van der Waals surface area contributed by atoms with Crippen LogP contribution in [0.3, 0.4) is 0 Å². The summed E-state index contributed by atoms with van der Waals surface area (Å²) in [6, 6.07) is 27.4. The van der Waals surface area contributed by atoms with E-state index in [0.29, 0.717) is 33.5 Å². The Balaban J connectivity index is 1.33. The number of nitrogens with one attached hydrogen (secondary N) is 2. The quantitative estimate of drug-likeness (QED) is 0.270. The third-order valence-electron chi connectivity index (χ3n) is 5.47. The number of fused-ring (bicyclic) bond motifs is 2. The van der Waals surface area contributed by atoms with E-state index in [1.807, 2.05) is 66.7 Å². The summed E-state index contributed by atoms with van der Waals surface area (Å²) in [5.41, 5.74) is 4.43. The molecule has 0 bridgehead atoms. The maximum atomic E-state index is 5.61. The first-order chi connectivity index (χ1) is 16.7. The van der Waals surface area contributed by atoms with Gasteiger partial charge in [0.2, 0.25) is 0 Å². The van der Waals surface area contributed by atoms with Crippen LogP contribution in [0.2, 0.25) is 0 Å². The highest BCUT2D eigenvalue weighted by Crippen LogP contribution is 2.32. The summed E-state index contributed by atoms with van der Waals surface area (Å²) in [5, 5.41) is 9.29. The number of nitrogens with zero attached hydrogens (tertiary/aromatic N) is 2. The third kappa shape index (κ3) is 3.78. The van der Waals surface area contributed by atoms with E-state index in [9.17, 15) is 0 Å². The number of thiocarbonyl (C=S) groups is 1. The summed E-state index contributed by atoms with van der Waals surface area (Å²) in [6.45, 7) is 0. The highest BCUT2D eigenvalue weighted by atomic mass is 32.1. The van der Waals surface area contributed by atoms with Gasteiger partial charge >= 0.3 is 0 Å². The minimum Gasteiger partial charge on any atom is -0.463 e. The zero-order chi connectivity index (χ0) is 22.9. The van der Waals surface area contributed by atoms with Gasteiger partial charge in [0.1, 0.15) is 11.4 Å². The van der Waals surface area contributed by atoms with Gasteiger partial charge in [-0.15, -0.1) is 0 Å². The fraction of sp³-hybridized carbons (Fsp3) is 0. The Morgan fingerprint density at radius 3 is 2.12 bits per heavy atom. The van der Waals surface area contributed by atoms with E-state index in [1.165, 1.54) is 0 Å². The number of hydrogen-bond donors (Lipinski definition) is 2. The lowest BCUT2D eigenvalue weighted by Gasteiger charge is -2.13. The molecule has 3 aromatic carbocycles. The van der Waals surface area contributed by atoms with Gasteiger partial charge < -0.3 is 19.5 Å². The van der Waals surface area contributed by atoms with Crippen molar-refractivity contribution in [1.82, 2.24) is 9.97 Å². The molecule has 0 aliphatic carbocycles. The molecule has 0 aliphatic rings. The molecule has 6 aromatic rings. The molecule has 2 N–H and O–H groups in total. The standard InChI is InChI=1S/C27H18N4O2S/c34-27(31-20-9-3-7-17-6-1-2-8-19(17)20)28-18-12-13-21-22(16-18)30-26(24-11-5-15-33-24)25(29-21)23-10-4-14-32-23/h1-16H,(H2,28,31,34). The summed E-state index contributed by atoms with van der Waals surface area (Å²) < 4.78 is 11.2. The van der Waals surface area contributed by atoms with Crippen LogP contribution in [0.1, 0.15) is 0 Å². The molecule has 7 heteroatoms. The molecule has 3 aromatic heterocycles. The molecule has 164 valence electrons. The molecule has 0 saturated heterocycles. The molecule has 0 saturated carbocycles. The van der Waals surface area contributed by atoms with Crippen LogP contribution in [0.4, 0.5) is 11.4 Å². The van der Waals surface area contributed by atoms with E-state index in [0.717, 1.165) is 27.7 Å². The Bertz CT molecular complexity index is 1620. The Morgan fingerprint density at radius 2 is 1.38 bits per heavy atom. The lowest BCUT2D eigenvalue weighted by Crippen LogP contribution is -2.19. The second kappa shape index (κ2) is 8.46. The van der Waals surface area contributed by atoms with E-state index in [2.05, 4.69) is 28.8 Å². The number of hydrogen-bond acceptors (Lipinski definition) is 5. The zero-order valence-electron chi connectivity index (χ0n) is 17.9. The van der Waals surface area contributed by atoms with Crippen LogP contribution in [0.5, 0.6) is 0 Å².